The van der Waals surface area contributed by atoms with Gasteiger partial charge in [-0.3, -0.25) is 5.32 Å². The summed E-state index contributed by atoms with van der Waals surface area (Å²) in [6.45, 7) is 0.544. The van der Waals surface area contributed by atoms with Crippen molar-refractivity contribution in [3.05, 3.63) is 35.4 Å². The Hall–Kier alpha value is -1.37. The first-order chi connectivity index (χ1) is 5.86. The minimum atomic E-state index is -0.0449. The summed E-state index contributed by atoms with van der Waals surface area (Å²) in [7, 11) is 0. The Morgan fingerprint density at radius 3 is 3.00 bits per heavy atom. The highest BCUT2D eigenvalue weighted by molar-refractivity contribution is 5.32. The van der Waals surface area contributed by atoms with Crippen LogP contribution in [0.5, 0.6) is 0 Å². The third-order valence-corrected chi connectivity index (χ3v) is 1.50. The van der Waals surface area contributed by atoms with Crippen LogP contribution in [0.1, 0.15) is 11.1 Å². The van der Waals surface area contributed by atoms with Gasteiger partial charge in [0.05, 0.1) is 18.4 Å². The van der Waals surface area contributed by atoms with Crippen LogP contribution in [-0.4, -0.2) is 11.8 Å². The first-order valence-electron chi connectivity index (χ1n) is 3.67. The van der Waals surface area contributed by atoms with Crippen molar-refractivity contribution < 1.29 is 5.11 Å². The van der Waals surface area contributed by atoms with Gasteiger partial charge in [-0.1, -0.05) is 12.1 Å². The number of aliphatic hydroxyl groups excluding tert-OH is 1. The molecule has 0 aromatic heterocycles. The molecule has 0 aliphatic rings. The van der Waals surface area contributed by atoms with Gasteiger partial charge in [0.1, 0.15) is 0 Å². The number of nitrogens with zero attached hydrogens (tertiary/aromatic N) is 1. The number of hydrogen-bond donors (Lipinski definition) is 2. The highest BCUT2D eigenvalue weighted by atomic mass is 16.3. The van der Waals surface area contributed by atoms with Crippen molar-refractivity contribution in [3.63, 3.8) is 0 Å². The summed E-state index contributed by atoms with van der Waals surface area (Å²) in [5.74, 6) is 0. The zero-order valence-corrected chi connectivity index (χ0v) is 6.62. The molecule has 0 fully saturated rings. The Labute approximate surface area is 71.3 Å². The second kappa shape index (κ2) is 4.50. The van der Waals surface area contributed by atoms with Crippen LogP contribution in [0.15, 0.2) is 24.3 Å². The fraction of sp³-hybridized carbons (Fsp3) is 0.222. The van der Waals surface area contributed by atoms with Crippen LogP contribution in [0.25, 0.3) is 0 Å². The van der Waals surface area contributed by atoms with E-state index in [0.717, 1.165) is 5.56 Å². The lowest BCUT2D eigenvalue weighted by Gasteiger charge is -2.00. The molecule has 0 atom stereocenters. The number of nitrogens with one attached hydrogen (secondary N) is 1. The van der Waals surface area contributed by atoms with Crippen molar-refractivity contribution in [2.75, 3.05) is 6.73 Å². The van der Waals surface area contributed by atoms with E-state index in [4.69, 9.17) is 10.4 Å². The van der Waals surface area contributed by atoms with E-state index >= 15 is 0 Å². The average Bonchev–Trinajstić information content (AvgIpc) is 2.15. The monoisotopic (exact) mass is 162 g/mol. The van der Waals surface area contributed by atoms with Gasteiger partial charge in [0, 0.05) is 6.54 Å². The highest BCUT2D eigenvalue weighted by Gasteiger charge is 1.93. The van der Waals surface area contributed by atoms with Crippen molar-refractivity contribution in [1.82, 2.24) is 5.32 Å². The molecule has 0 radical (unpaired) electrons. The number of aliphatic hydroxyl groups is 1. The molecule has 3 nitrogen and oxygen atoms in total. The SMILES string of the molecule is N#Cc1cccc(CNCO)c1. The van der Waals surface area contributed by atoms with Crippen LogP contribution >= 0.6 is 0 Å². The molecule has 0 unspecified atom stereocenters. The van der Waals surface area contributed by atoms with Gasteiger partial charge in [0.15, 0.2) is 0 Å². The second-order valence-electron chi connectivity index (χ2n) is 2.40. The molecular formula is C9H10N2O. The molecule has 0 saturated carbocycles. The van der Waals surface area contributed by atoms with Crippen molar-refractivity contribution >= 4 is 0 Å². The lowest BCUT2D eigenvalue weighted by Crippen LogP contribution is -2.13. The Morgan fingerprint density at radius 2 is 2.33 bits per heavy atom. The number of benzene rings is 1. The first kappa shape index (κ1) is 8.72. The number of nitriles is 1. The fourth-order valence-corrected chi connectivity index (χ4v) is 0.951. The van der Waals surface area contributed by atoms with E-state index in [-0.39, 0.29) is 6.73 Å². The first-order valence-corrected chi connectivity index (χ1v) is 3.67. The third kappa shape index (κ3) is 2.35. The van der Waals surface area contributed by atoms with Crippen molar-refractivity contribution in [1.29, 1.82) is 5.26 Å². The fourth-order valence-electron chi connectivity index (χ4n) is 0.951. The Morgan fingerprint density at radius 1 is 1.50 bits per heavy atom. The van der Waals surface area contributed by atoms with Crippen LogP contribution < -0.4 is 5.32 Å². The van der Waals surface area contributed by atoms with Gasteiger partial charge in [-0.2, -0.15) is 5.26 Å². The minimum Gasteiger partial charge on any atom is -0.381 e. The molecule has 0 aliphatic carbocycles. The van der Waals surface area contributed by atoms with Crippen LogP contribution in [0, 0.1) is 11.3 Å². The van der Waals surface area contributed by atoms with E-state index in [1.807, 2.05) is 12.1 Å². The molecule has 0 amide bonds. The molecule has 1 aromatic carbocycles. The average molecular weight is 162 g/mol. The minimum absolute atomic E-state index is 0.0449. The zero-order valence-electron chi connectivity index (χ0n) is 6.62. The lowest BCUT2D eigenvalue weighted by atomic mass is 10.1. The largest absolute Gasteiger partial charge is 0.381 e. The van der Waals surface area contributed by atoms with Crippen LogP contribution in [0.2, 0.25) is 0 Å². The smallest absolute Gasteiger partial charge is 0.0991 e. The Kier molecular flexibility index (Phi) is 3.27. The molecule has 12 heavy (non-hydrogen) atoms. The van der Waals surface area contributed by atoms with Gasteiger partial charge < -0.3 is 5.11 Å². The van der Waals surface area contributed by atoms with Gasteiger partial charge >= 0.3 is 0 Å². The topological polar surface area (TPSA) is 56.0 Å². The molecule has 62 valence electrons. The molecule has 0 heterocycles. The molecule has 2 N–H and O–H groups in total. The van der Waals surface area contributed by atoms with E-state index in [2.05, 4.69) is 11.4 Å². The summed E-state index contributed by atoms with van der Waals surface area (Å²) >= 11 is 0. The van der Waals surface area contributed by atoms with Crippen LogP contribution in [0.3, 0.4) is 0 Å². The highest BCUT2D eigenvalue weighted by Crippen LogP contribution is 2.02. The van der Waals surface area contributed by atoms with Gasteiger partial charge in [0.2, 0.25) is 0 Å². The van der Waals surface area contributed by atoms with Gasteiger partial charge in [-0.15, -0.1) is 0 Å². The summed E-state index contributed by atoms with van der Waals surface area (Å²) in [6.07, 6.45) is 0. The summed E-state index contributed by atoms with van der Waals surface area (Å²) in [5.41, 5.74) is 1.65. The maximum Gasteiger partial charge on any atom is 0.0991 e. The zero-order chi connectivity index (χ0) is 8.81. The molecule has 1 aromatic rings. The van der Waals surface area contributed by atoms with E-state index in [0.29, 0.717) is 12.1 Å². The van der Waals surface area contributed by atoms with Crippen LogP contribution in [-0.2, 0) is 6.54 Å². The molecule has 0 bridgehead atoms. The summed E-state index contributed by atoms with van der Waals surface area (Å²) < 4.78 is 0. The van der Waals surface area contributed by atoms with Crippen molar-refractivity contribution in [2.24, 2.45) is 0 Å². The Balaban J connectivity index is 2.68. The summed E-state index contributed by atoms with van der Waals surface area (Å²) in [6, 6.07) is 9.33. The lowest BCUT2D eigenvalue weighted by molar-refractivity contribution is 0.259. The molecule has 3 heteroatoms. The maximum absolute atomic E-state index is 8.57. The molecular weight excluding hydrogens is 152 g/mol. The van der Waals surface area contributed by atoms with Gasteiger partial charge in [0.25, 0.3) is 0 Å². The summed E-state index contributed by atoms with van der Waals surface area (Å²) in [4.78, 5) is 0. The molecule has 1 rings (SSSR count). The van der Waals surface area contributed by atoms with Gasteiger partial charge in [-0.05, 0) is 17.7 Å². The van der Waals surface area contributed by atoms with E-state index in [1.165, 1.54) is 0 Å². The van der Waals surface area contributed by atoms with E-state index in [9.17, 15) is 0 Å². The standard InChI is InChI=1S/C9H10N2O/c10-5-8-2-1-3-9(4-8)6-11-7-12/h1-4,11-12H,6-7H2. The quantitative estimate of drug-likeness (QED) is 0.640. The molecule has 0 saturated heterocycles. The van der Waals surface area contributed by atoms with Crippen molar-refractivity contribution in [3.8, 4) is 6.07 Å². The van der Waals surface area contributed by atoms with E-state index < -0.39 is 0 Å². The van der Waals surface area contributed by atoms with Crippen LogP contribution in [0.4, 0.5) is 0 Å². The second-order valence-corrected chi connectivity index (χ2v) is 2.40. The predicted molar refractivity (Wildman–Crippen MR) is 45.1 cm³/mol. The normalized spacial score (nSPS) is 9.33. The summed E-state index contributed by atoms with van der Waals surface area (Å²) in [5, 5.41) is 19.8. The third-order valence-electron chi connectivity index (χ3n) is 1.50. The van der Waals surface area contributed by atoms with Crippen molar-refractivity contribution in [2.45, 2.75) is 6.54 Å². The number of hydrogen-bond acceptors (Lipinski definition) is 3. The Bertz CT molecular complexity index is 291. The maximum atomic E-state index is 8.57. The molecule has 0 spiro atoms. The predicted octanol–water partition coefficient (Wildman–Crippen LogP) is 0.598. The molecule has 0 aliphatic heterocycles. The van der Waals surface area contributed by atoms with Gasteiger partial charge in [-0.25, -0.2) is 0 Å². The van der Waals surface area contributed by atoms with E-state index in [1.54, 1.807) is 12.1 Å². The number of rotatable bonds is 3.